The van der Waals surface area contributed by atoms with Gasteiger partial charge >= 0.3 is 0 Å². The molecule has 1 fully saturated rings. The molecule has 1 atom stereocenters. The summed E-state index contributed by atoms with van der Waals surface area (Å²) in [5.74, 6) is 2.34. The summed E-state index contributed by atoms with van der Waals surface area (Å²) in [5.41, 5.74) is 0.572. The first-order valence-electron chi connectivity index (χ1n) is 6.42. The first-order valence-corrected chi connectivity index (χ1v) is 7.57. The Morgan fingerprint density at radius 1 is 1.42 bits per heavy atom. The Bertz CT molecular complexity index is 408. The minimum Gasteiger partial charge on any atom is -0.496 e. The molecular weight excluding hydrogens is 267 g/mol. The summed E-state index contributed by atoms with van der Waals surface area (Å²) >= 11 is 1.91. The number of rotatable bonds is 5. The van der Waals surface area contributed by atoms with Gasteiger partial charge in [-0.15, -0.1) is 0 Å². The minimum atomic E-state index is -0.529. The van der Waals surface area contributed by atoms with Crippen LogP contribution in [0.2, 0.25) is 0 Å². The molecular formula is C14H19FO3S. The molecule has 1 aromatic carbocycles. The SMILES string of the molecule is COc1ccc(F)cc1[C@H](CO)OC1CCSCC1. The van der Waals surface area contributed by atoms with Crippen molar-refractivity contribution in [2.24, 2.45) is 0 Å². The van der Waals surface area contributed by atoms with Gasteiger partial charge in [0, 0.05) is 5.56 Å². The third-order valence-electron chi connectivity index (χ3n) is 3.23. The van der Waals surface area contributed by atoms with Crippen LogP contribution in [0.3, 0.4) is 0 Å². The van der Waals surface area contributed by atoms with E-state index in [-0.39, 0.29) is 18.5 Å². The first kappa shape index (κ1) is 14.6. The van der Waals surface area contributed by atoms with E-state index in [4.69, 9.17) is 9.47 Å². The Kier molecular flexibility index (Phi) is 5.48. The van der Waals surface area contributed by atoms with E-state index in [2.05, 4.69) is 0 Å². The quantitative estimate of drug-likeness (QED) is 0.903. The Hall–Kier alpha value is -0.780. The smallest absolute Gasteiger partial charge is 0.124 e. The number of benzene rings is 1. The van der Waals surface area contributed by atoms with Crippen molar-refractivity contribution in [2.45, 2.75) is 25.0 Å². The maximum Gasteiger partial charge on any atom is 0.124 e. The van der Waals surface area contributed by atoms with Crippen LogP contribution in [0.15, 0.2) is 18.2 Å². The number of hydrogen-bond donors (Lipinski definition) is 1. The molecule has 0 spiro atoms. The van der Waals surface area contributed by atoms with Crippen molar-refractivity contribution in [3.05, 3.63) is 29.6 Å². The molecule has 3 nitrogen and oxygen atoms in total. The van der Waals surface area contributed by atoms with Crippen molar-refractivity contribution < 1.29 is 19.0 Å². The lowest BCUT2D eigenvalue weighted by Gasteiger charge is -2.27. The molecule has 1 saturated heterocycles. The predicted molar refractivity (Wildman–Crippen MR) is 74.2 cm³/mol. The first-order chi connectivity index (χ1) is 9.24. The van der Waals surface area contributed by atoms with E-state index < -0.39 is 6.10 Å². The van der Waals surface area contributed by atoms with E-state index in [1.165, 1.54) is 19.2 Å². The maximum absolute atomic E-state index is 13.4. The van der Waals surface area contributed by atoms with Crippen molar-refractivity contribution in [2.75, 3.05) is 25.2 Å². The van der Waals surface area contributed by atoms with E-state index in [0.717, 1.165) is 24.3 Å². The van der Waals surface area contributed by atoms with Gasteiger partial charge in [0.05, 0.1) is 19.8 Å². The fraction of sp³-hybridized carbons (Fsp3) is 0.571. The fourth-order valence-electron chi connectivity index (χ4n) is 2.22. The lowest BCUT2D eigenvalue weighted by atomic mass is 10.1. The summed E-state index contributed by atoms with van der Waals surface area (Å²) in [4.78, 5) is 0. The summed E-state index contributed by atoms with van der Waals surface area (Å²) in [5, 5.41) is 9.51. The topological polar surface area (TPSA) is 38.7 Å². The van der Waals surface area contributed by atoms with Crippen molar-refractivity contribution in [3.8, 4) is 5.75 Å². The minimum absolute atomic E-state index is 0.131. The van der Waals surface area contributed by atoms with Crippen molar-refractivity contribution in [3.63, 3.8) is 0 Å². The normalized spacial score (nSPS) is 18.3. The van der Waals surface area contributed by atoms with Crippen LogP contribution in [0.5, 0.6) is 5.75 Å². The Morgan fingerprint density at radius 3 is 2.79 bits per heavy atom. The number of hydrogen-bond acceptors (Lipinski definition) is 4. The highest BCUT2D eigenvalue weighted by molar-refractivity contribution is 7.99. The molecule has 2 rings (SSSR count). The molecule has 1 aliphatic rings. The third-order valence-corrected chi connectivity index (χ3v) is 4.28. The molecule has 0 unspecified atom stereocenters. The average molecular weight is 286 g/mol. The maximum atomic E-state index is 13.4. The molecule has 1 aliphatic heterocycles. The van der Waals surface area contributed by atoms with Gasteiger partial charge in [0.25, 0.3) is 0 Å². The van der Waals surface area contributed by atoms with Gasteiger partial charge < -0.3 is 14.6 Å². The Morgan fingerprint density at radius 2 is 2.16 bits per heavy atom. The zero-order valence-electron chi connectivity index (χ0n) is 11.0. The number of thioether (sulfide) groups is 1. The van der Waals surface area contributed by atoms with Gasteiger partial charge in [0.1, 0.15) is 17.7 Å². The fourth-order valence-corrected chi connectivity index (χ4v) is 3.28. The van der Waals surface area contributed by atoms with Crippen molar-refractivity contribution in [1.29, 1.82) is 0 Å². The number of methoxy groups -OCH3 is 1. The molecule has 0 amide bonds. The van der Waals surface area contributed by atoms with E-state index in [9.17, 15) is 9.50 Å². The average Bonchev–Trinajstić information content (AvgIpc) is 2.46. The van der Waals surface area contributed by atoms with Gasteiger partial charge in [-0.05, 0) is 42.5 Å². The molecule has 19 heavy (non-hydrogen) atoms. The zero-order chi connectivity index (χ0) is 13.7. The molecule has 1 aromatic rings. The highest BCUT2D eigenvalue weighted by atomic mass is 32.2. The second kappa shape index (κ2) is 7.12. The molecule has 1 heterocycles. The second-order valence-electron chi connectivity index (χ2n) is 4.51. The van der Waals surface area contributed by atoms with Gasteiger partial charge in [-0.25, -0.2) is 4.39 Å². The number of ether oxygens (including phenoxy) is 2. The highest BCUT2D eigenvalue weighted by Crippen LogP contribution is 2.31. The summed E-state index contributed by atoms with van der Waals surface area (Å²) < 4.78 is 24.5. The van der Waals surface area contributed by atoms with Gasteiger partial charge in [0.15, 0.2) is 0 Å². The molecule has 0 saturated carbocycles. The van der Waals surface area contributed by atoms with Gasteiger partial charge in [0.2, 0.25) is 0 Å². The number of aliphatic hydroxyl groups excluding tert-OH is 1. The highest BCUT2D eigenvalue weighted by Gasteiger charge is 2.23. The summed E-state index contributed by atoms with van der Waals surface area (Å²) in [6, 6.07) is 4.28. The monoisotopic (exact) mass is 286 g/mol. The van der Waals surface area contributed by atoms with Crippen molar-refractivity contribution >= 4 is 11.8 Å². The summed E-state index contributed by atoms with van der Waals surface area (Å²) in [6.07, 6.45) is 1.54. The predicted octanol–water partition coefficient (Wildman–Crippen LogP) is 2.78. The molecule has 106 valence electrons. The number of aliphatic hydroxyl groups is 1. The van der Waals surface area contributed by atoms with Gasteiger partial charge in [-0.3, -0.25) is 0 Å². The van der Waals surface area contributed by atoms with Crippen LogP contribution in [0.4, 0.5) is 4.39 Å². The van der Waals surface area contributed by atoms with Gasteiger partial charge in [-0.1, -0.05) is 0 Å². The van der Waals surface area contributed by atoms with E-state index >= 15 is 0 Å². The molecule has 0 aliphatic carbocycles. The Balaban J connectivity index is 2.13. The van der Waals surface area contributed by atoms with Crippen LogP contribution in [-0.4, -0.2) is 36.4 Å². The van der Waals surface area contributed by atoms with Crippen molar-refractivity contribution in [1.82, 2.24) is 0 Å². The Labute approximate surface area is 117 Å². The number of halogens is 1. The largest absolute Gasteiger partial charge is 0.496 e. The van der Waals surface area contributed by atoms with Crippen LogP contribution < -0.4 is 4.74 Å². The van der Waals surface area contributed by atoms with Crippen LogP contribution in [0.25, 0.3) is 0 Å². The molecule has 0 radical (unpaired) electrons. The second-order valence-corrected chi connectivity index (χ2v) is 5.73. The molecule has 0 aromatic heterocycles. The lowest BCUT2D eigenvalue weighted by molar-refractivity contribution is -0.0448. The molecule has 1 N–H and O–H groups in total. The van der Waals surface area contributed by atoms with E-state index in [1.807, 2.05) is 11.8 Å². The summed E-state index contributed by atoms with van der Waals surface area (Å²) in [7, 11) is 1.53. The zero-order valence-corrected chi connectivity index (χ0v) is 11.8. The van der Waals surface area contributed by atoms with E-state index in [1.54, 1.807) is 6.07 Å². The van der Waals surface area contributed by atoms with E-state index in [0.29, 0.717) is 11.3 Å². The lowest BCUT2D eigenvalue weighted by Crippen LogP contribution is -2.23. The van der Waals surface area contributed by atoms with Crippen LogP contribution in [0.1, 0.15) is 24.5 Å². The molecule has 0 bridgehead atoms. The molecule has 5 heteroatoms. The van der Waals surface area contributed by atoms with Gasteiger partial charge in [-0.2, -0.15) is 11.8 Å². The third kappa shape index (κ3) is 3.84. The standard InChI is InChI=1S/C14H19FO3S/c1-17-13-3-2-10(15)8-12(13)14(9-16)18-11-4-6-19-7-5-11/h2-3,8,11,14,16H,4-7,9H2,1H3/t14-/m0/s1. The van der Waals surface area contributed by atoms with Crippen LogP contribution >= 0.6 is 11.8 Å². The van der Waals surface area contributed by atoms with Crippen LogP contribution in [-0.2, 0) is 4.74 Å². The van der Waals surface area contributed by atoms with Crippen LogP contribution in [0, 0.1) is 5.82 Å². The summed E-state index contributed by atoms with van der Waals surface area (Å²) in [6.45, 7) is -0.177.